The normalized spacial score (nSPS) is 22.0. The van der Waals surface area contributed by atoms with Crippen molar-refractivity contribution in [2.45, 2.75) is 58.7 Å². The van der Waals surface area contributed by atoms with Crippen molar-refractivity contribution >= 4 is 0 Å². The van der Waals surface area contributed by atoms with Crippen molar-refractivity contribution in [1.29, 1.82) is 5.26 Å². The molecule has 0 N–H and O–H groups in total. The third-order valence-electron chi connectivity index (χ3n) is 5.42. The minimum Gasteiger partial charge on any atom is -0.448 e. The third-order valence-corrected chi connectivity index (χ3v) is 5.42. The highest BCUT2D eigenvalue weighted by Crippen LogP contribution is 2.56. The van der Waals surface area contributed by atoms with Crippen LogP contribution in [0.3, 0.4) is 0 Å². The van der Waals surface area contributed by atoms with Crippen LogP contribution in [0.1, 0.15) is 52.9 Å². The van der Waals surface area contributed by atoms with E-state index in [4.69, 9.17) is 9.47 Å². The fourth-order valence-corrected chi connectivity index (χ4v) is 3.70. The zero-order chi connectivity index (χ0) is 15.1. The van der Waals surface area contributed by atoms with Crippen LogP contribution in [0.15, 0.2) is 24.3 Å². The number of hydrogen-bond acceptors (Lipinski definition) is 3. The maximum absolute atomic E-state index is 9.23. The standard InChI is InChI=1S/C18H23NO2/c1-16(2,3)17(12-13-19)8-10-18(11-9-17)20-14-6-4-5-7-15(14)21-18/h4-7H,8-12H2,1-3H3. The summed E-state index contributed by atoms with van der Waals surface area (Å²) in [6.07, 6.45) is 4.25. The van der Waals surface area contributed by atoms with Gasteiger partial charge in [-0.05, 0) is 35.8 Å². The smallest absolute Gasteiger partial charge is 0.251 e. The van der Waals surface area contributed by atoms with Gasteiger partial charge in [-0.3, -0.25) is 0 Å². The highest BCUT2D eigenvalue weighted by molar-refractivity contribution is 5.43. The molecule has 0 radical (unpaired) electrons. The molecule has 0 bridgehead atoms. The van der Waals surface area contributed by atoms with Crippen molar-refractivity contribution in [1.82, 2.24) is 0 Å². The Bertz CT molecular complexity index is 545. The van der Waals surface area contributed by atoms with Crippen LogP contribution in [-0.4, -0.2) is 5.79 Å². The molecule has 1 saturated carbocycles. The molecule has 1 heterocycles. The van der Waals surface area contributed by atoms with E-state index in [2.05, 4.69) is 26.8 Å². The van der Waals surface area contributed by atoms with Crippen LogP contribution in [0.25, 0.3) is 0 Å². The third kappa shape index (κ3) is 2.27. The van der Waals surface area contributed by atoms with E-state index in [1.165, 1.54) is 0 Å². The average Bonchev–Trinajstić information content (AvgIpc) is 2.79. The molecule has 1 aliphatic carbocycles. The van der Waals surface area contributed by atoms with Crippen molar-refractivity contribution in [3.8, 4) is 17.6 Å². The molecule has 3 nitrogen and oxygen atoms in total. The molecule has 21 heavy (non-hydrogen) atoms. The monoisotopic (exact) mass is 285 g/mol. The second-order valence-corrected chi connectivity index (χ2v) is 7.43. The van der Waals surface area contributed by atoms with Gasteiger partial charge < -0.3 is 9.47 Å². The summed E-state index contributed by atoms with van der Waals surface area (Å²) in [7, 11) is 0. The molecule has 1 spiro atoms. The van der Waals surface area contributed by atoms with Crippen LogP contribution in [0.4, 0.5) is 0 Å². The summed E-state index contributed by atoms with van der Waals surface area (Å²) in [5, 5.41) is 9.23. The summed E-state index contributed by atoms with van der Waals surface area (Å²) in [4.78, 5) is 0. The van der Waals surface area contributed by atoms with E-state index in [0.29, 0.717) is 6.42 Å². The van der Waals surface area contributed by atoms with Gasteiger partial charge in [0.25, 0.3) is 5.79 Å². The first kappa shape index (κ1) is 14.3. The van der Waals surface area contributed by atoms with Crippen molar-refractivity contribution in [2.75, 3.05) is 0 Å². The molecule has 0 saturated heterocycles. The van der Waals surface area contributed by atoms with E-state index in [9.17, 15) is 5.26 Å². The van der Waals surface area contributed by atoms with Crippen molar-refractivity contribution in [2.24, 2.45) is 10.8 Å². The maximum atomic E-state index is 9.23. The number of fused-ring (bicyclic) bond motifs is 1. The van der Waals surface area contributed by atoms with Gasteiger partial charge in [0.2, 0.25) is 0 Å². The number of hydrogen-bond donors (Lipinski definition) is 0. The van der Waals surface area contributed by atoms with Gasteiger partial charge in [-0.1, -0.05) is 32.9 Å². The number of ether oxygens (including phenoxy) is 2. The van der Waals surface area contributed by atoms with Gasteiger partial charge in [0.05, 0.1) is 6.07 Å². The summed E-state index contributed by atoms with van der Waals surface area (Å²) in [5.74, 6) is 1.19. The lowest BCUT2D eigenvalue weighted by atomic mass is 9.57. The molecule has 3 heteroatoms. The van der Waals surface area contributed by atoms with E-state index >= 15 is 0 Å². The molecule has 0 amide bonds. The molecular formula is C18H23NO2. The van der Waals surface area contributed by atoms with Gasteiger partial charge in [-0.2, -0.15) is 5.26 Å². The first-order chi connectivity index (χ1) is 9.90. The van der Waals surface area contributed by atoms with E-state index in [-0.39, 0.29) is 10.8 Å². The number of benzene rings is 1. The molecule has 0 atom stereocenters. The van der Waals surface area contributed by atoms with Crippen LogP contribution in [0, 0.1) is 22.2 Å². The fourth-order valence-electron chi connectivity index (χ4n) is 3.70. The molecule has 112 valence electrons. The lowest BCUT2D eigenvalue weighted by Crippen LogP contribution is -2.49. The van der Waals surface area contributed by atoms with Crippen LogP contribution in [0.5, 0.6) is 11.5 Å². The predicted octanol–water partition coefficient (Wildman–Crippen LogP) is 4.67. The molecule has 3 rings (SSSR count). The van der Waals surface area contributed by atoms with Crippen LogP contribution in [0.2, 0.25) is 0 Å². The molecule has 0 aromatic heterocycles. The highest BCUT2D eigenvalue weighted by atomic mass is 16.7. The summed E-state index contributed by atoms with van der Waals surface area (Å²) >= 11 is 0. The molecule has 1 aromatic carbocycles. The fraction of sp³-hybridized carbons (Fsp3) is 0.611. The van der Waals surface area contributed by atoms with E-state index < -0.39 is 5.79 Å². The zero-order valence-electron chi connectivity index (χ0n) is 13.1. The number of para-hydroxylation sites is 2. The van der Waals surface area contributed by atoms with Crippen molar-refractivity contribution < 1.29 is 9.47 Å². The average molecular weight is 285 g/mol. The minimum absolute atomic E-state index is 0.0640. The molecular weight excluding hydrogens is 262 g/mol. The van der Waals surface area contributed by atoms with Gasteiger partial charge in [-0.25, -0.2) is 0 Å². The Kier molecular flexibility index (Phi) is 3.16. The molecule has 2 aliphatic rings. The highest BCUT2D eigenvalue weighted by Gasteiger charge is 2.52. The summed E-state index contributed by atoms with van der Waals surface area (Å²) < 4.78 is 12.2. The van der Waals surface area contributed by atoms with E-state index in [1.54, 1.807) is 0 Å². The number of nitriles is 1. The van der Waals surface area contributed by atoms with Gasteiger partial charge >= 0.3 is 0 Å². The zero-order valence-corrected chi connectivity index (χ0v) is 13.1. The SMILES string of the molecule is CC(C)(C)C1(CC#N)CCC2(CC1)Oc1ccccc1O2. The minimum atomic E-state index is -0.506. The van der Waals surface area contributed by atoms with Gasteiger partial charge in [-0.15, -0.1) is 0 Å². The predicted molar refractivity (Wildman–Crippen MR) is 81.0 cm³/mol. The number of rotatable bonds is 1. The Morgan fingerprint density at radius 2 is 1.57 bits per heavy atom. The largest absolute Gasteiger partial charge is 0.448 e. The van der Waals surface area contributed by atoms with Crippen molar-refractivity contribution in [3.05, 3.63) is 24.3 Å². The maximum Gasteiger partial charge on any atom is 0.251 e. The van der Waals surface area contributed by atoms with Gasteiger partial charge in [0.1, 0.15) is 0 Å². The lowest BCUT2D eigenvalue weighted by Gasteiger charge is -2.49. The van der Waals surface area contributed by atoms with E-state index in [0.717, 1.165) is 37.2 Å². The lowest BCUT2D eigenvalue weighted by molar-refractivity contribution is -0.142. The Morgan fingerprint density at radius 1 is 1.05 bits per heavy atom. The Balaban J connectivity index is 1.78. The van der Waals surface area contributed by atoms with Crippen molar-refractivity contribution in [3.63, 3.8) is 0 Å². The number of nitrogens with zero attached hydrogens (tertiary/aromatic N) is 1. The Hall–Kier alpha value is -1.69. The second kappa shape index (κ2) is 4.66. The quantitative estimate of drug-likeness (QED) is 0.752. The van der Waals surface area contributed by atoms with E-state index in [1.807, 2.05) is 24.3 Å². The molecule has 1 fully saturated rings. The summed E-state index contributed by atoms with van der Waals surface area (Å²) in [5.41, 5.74) is 0.185. The summed E-state index contributed by atoms with van der Waals surface area (Å²) in [6.45, 7) is 6.73. The first-order valence-electron chi connectivity index (χ1n) is 7.74. The first-order valence-corrected chi connectivity index (χ1v) is 7.74. The Labute approximate surface area is 126 Å². The van der Waals surface area contributed by atoms with Crippen LogP contribution >= 0.6 is 0 Å². The Morgan fingerprint density at radius 3 is 2.00 bits per heavy atom. The summed E-state index contributed by atoms with van der Waals surface area (Å²) in [6, 6.07) is 10.3. The molecule has 1 aliphatic heterocycles. The topological polar surface area (TPSA) is 42.2 Å². The van der Waals surface area contributed by atoms with Crippen LogP contribution < -0.4 is 9.47 Å². The molecule has 0 unspecified atom stereocenters. The van der Waals surface area contributed by atoms with Gasteiger partial charge in [0, 0.05) is 19.3 Å². The van der Waals surface area contributed by atoms with Crippen LogP contribution in [-0.2, 0) is 0 Å². The molecule has 1 aromatic rings. The second-order valence-electron chi connectivity index (χ2n) is 7.43. The van der Waals surface area contributed by atoms with Gasteiger partial charge in [0.15, 0.2) is 11.5 Å².